The Hall–Kier alpha value is -1.45. The predicted molar refractivity (Wildman–Crippen MR) is 39.1 cm³/mol. The number of nitrogens with zero attached hydrogens (tertiary/aromatic N) is 3. The summed E-state index contributed by atoms with van der Waals surface area (Å²) < 4.78 is 5.00. The maximum absolute atomic E-state index is 5.00. The van der Waals surface area contributed by atoms with Crippen LogP contribution in [0.2, 0.25) is 0 Å². The SMILES string of the molecule is Cc1noc2c(C)ncnc12. The van der Waals surface area contributed by atoms with Crippen LogP contribution < -0.4 is 0 Å². The maximum atomic E-state index is 5.00. The highest BCUT2D eigenvalue weighted by atomic mass is 16.5. The van der Waals surface area contributed by atoms with Crippen molar-refractivity contribution in [1.82, 2.24) is 15.1 Å². The Morgan fingerprint density at radius 2 is 2.00 bits per heavy atom. The number of hydrogen-bond acceptors (Lipinski definition) is 4. The van der Waals surface area contributed by atoms with Gasteiger partial charge in [0.2, 0.25) is 5.58 Å². The average molecular weight is 149 g/mol. The summed E-state index contributed by atoms with van der Waals surface area (Å²) in [5, 5.41) is 3.78. The fourth-order valence-corrected chi connectivity index (χ4v) is 0.986. The minimum atomic E-state index is 0.685. The lowest BCUT2D eigenvalue weighted by Gasteiger charge is -1.88. The third-order valence-corrected chi connectivity index (χ3v) is 1.60. The summed E-state index contributed by atoms with van der Waals surface area (Å²) >= 11 is 0. The largest absolute Gasteiger partial charge is 0.352 e. The van der Waals surface area contributed by atoms with Crippen LogP contribution in [0.25, 0.3) is 11.1 Å². The molecule has 2 heterocycles. The quantitative estimate of drug-likeness (QED) is 0.565. The van der Waals surface area contributed by atoms with E-state index in [2.05, 4.69) is 15.1 Å². The van der Waals surface area contributed by atoms with Crippen LogP contribution in [-0.4, -0.2) is 15.1 Å². The van der Waals surface area contributed by atoms with Crippen LogP contribution >= 0.6 is 0 Å². The fraction of sp³-hybridized carbons (Fsp3) is 0.286. The Morgan fingerprint density at radius 1 is 1.18 bits per heavy atom. The molecule has 0 radical (unpaired) electrons. The van der Waals surface area contributed by atoms with Gasteiger partial charge >= 0.3 is 0 Å². The Balaban J connectivity index is 2.94. The second-order valence-corrected chi connectivity index (χ2v) is 2.40. The average Bonchev–Trinajstić information content (AvgIpc) is 2.35. The van der Waals surface area contributed by atoms with Crippen LogP contribution in [0.4, 0.5) is 0 Å². The Labute approximate surface area is 63.2 Å². The van der Waals surface area contributed by atoms with E-state index in [0.717, 1.165) is 16.9 Å². The fourth-order valence-electron chi connectivity index (χ4n) is 0.986. The minimum absolute atomic E-state index is 0.685. The van der Waals surface area contributed by atoms with Crippen molar-refractivity contribution in [3.63, 3.8) is 0 Å². The molecule has 0 saturated heterocycles. The molecule has 56 valence electrons. The number of aromatic nitrogens is 3. The second kappa shape index (κ2) is 2.02. The highest BCUT2D eigenvalue weighted by Crippen LogP contribution is 2.15. The van der Waals surface area contributed by atoms with Gasteiger partial charge in [0, 0.05) is 0 Å². The summed E-state index contributed by atoms with van der Waals surface area (Å²) in [5.74, 6) is 0. The van der Waals surface area contributed by atoms with Gasteiger partial charge in [-0.25, -0.2) is 9.97 Å². The van der Waals surface area contributed by atoms with Crippen LogP contribution in [0.15, 0.2) is 10.9 Å². The molecule has 0 spiro atoms. The zero-order valence-electron chi connectivity index (χ0n) is 6.33. The normalized spacial score (nSPS) is 10.7. The van der Waals surface area contributed by atoms with Crippen molar-refractivity contribution in [2.45, 2.75) is 13.8 Å². The Bertz CT molecular complexity index is 393. The molecule has 11 heavy (non-hydrogen) atoms. The summed E-state index contributed by atoms with van der Waals surface area (Å²) in [6, 6.07) is 0. The molecule has 0 unspecified atom stereocenters. The molecule has 2 aromatic heterocycles. The Morgan fingerprint density at radius 3 is 2.73 bits per heavy atom. The molecular weight excluding hydrogens is 142 g/mol. The van der Waals surface area contributed by atoms with Crippen molar-refractivity contribution in [3.8, 4) is 0 Å². The predicted octanol–water partition coefficient (Wildman–Crippen LogP) is 1.23. The first-order chi connectivity index (χ1) is 5.29. The monoisotopic (exact) mass is 149 g/mol. The lowest BCUT2D eigenvalue weighted by Crippen LogP contribution is -1.83. The lowest BCUT2D eigenvalue weighted by molar-refractivity contribution is 0.448. The topological polar surface area (TPSA) is 51.8 Å². The molecule has 0 bridgehead atoms. The summed E-state index contributed by atoms with van der Waals surface area (Å²) in [6.07, 6.45) is 1.52. The third-order valence-electron chi connectivity index (χ3n) is 1.60. The summed E-state index contributed by atoms with van der Waals surface area (Å²) in [5.41, 5.74) is 3.13. The first-order valence-corrected chi connectivity index (χ1v) is 3.32. The van der Waals surface area contributed by atoms with E-state index in [9.17, 15) is 0 Å². The molecule has 0 aromatic carbocycles. The molecule has 2 rings (SSSR count). The molecule has 0 aliphatic heterocycles. The molecule has 0 amide bonds. The lowest BCUT2D eigenvalue weighted by atomic mass is 10.3. The van der Waals surface area contributed by atoms with Crippen LogP contribution in [0.3, 0.4) is 0 Å². The van der Waals surface area contributed by atoms with Gasteiger partial charge in [0.15, 0.2) is 0 Å². The van der Waals surface area contributed by atoms with Crippen LogP contribution in [0, 0.1) is 13.8 Å². The van der Waals surface area contributed by atoms with Gasteiger partial charge in [-0.05, 0) is 13.8 Å². The van der Waals surface area contributed by atoms with Gasteiger partial charge in [-0.3, -0.25) is 0 Å². The molecule has 0 atom stereocenters. The van der Waals surface area contributed by atoms with Gasteiger partial charge in [-0.1, -0.05) is 5.16 Å². The number of hydrogen-bond donors (Lipinski definition) is 0. The van der Waals surface area contributed by atoms with E-state index in [0.29, 0.717) is 5.58 Å². The van der Waals surface area contributed by atoms with E-state index >= 15 is 0 Å². The third kappa shape index (κ3) is 0.790. The van der Waals surface area contributed by atoms with Crippen molar-refractivity contribution in [2.24, 2.45) is 0 Å². The summed E-state index contributed by atoms with van der Waals surface area (Å²) in [4.78, 5) is 8.01. The Kier molecular flexibility index (Phi) is 1.15. The van der Waals surface area contributed by atoms with Gasteiger partial charge in [0.25, 0.3) is 0 Å². The van der Waals surface area contributed by atoms with E-state index in [1.807, 2.05) is 13.8 Å². The van der Waals surface area contributed by atoms with Crippen LogP contribution in [0.5, 0.6) is 0 Å². The molecule has 4 heteroatoms. The van der Waals surface area contributed by atoms with E-state index in [4.69, 9.17) is 4.52 Å². The minimum Gasteiger partial charge on any atom is -0.352 e. The molecule has 4 nitrogen and oxygen atoms in total. The molecule has 2 aromatic rings. The zero-order valence-corrected chi connectivity index (χ0v) is 6.33. The highest BCUT2D eigenvalue weighted by Gasteiger charge is 2.06. The van der Waals surface area contributed by atoms with Gasteiger partial charge in [0.05, 0.1) is 5.69 Å². The molecule has 0 aliphatic rings. The van der Waals surface area contributed by atoms with Gasteiger partial charge in [0.1, 0.15) is 17.5 Å². The summed E-state index contributed by atoms with van der Waals surface area (Å²) in [7, 11) is 0. The standard InChI is InChI=1S/C7H7N3O/c1-4-6-7(11-10-4)5(2)8-3-9-6/h3H,1-2H3. The van der Waals surface area contributed by atoms with Crippen LogP contribution in [0.1, 0.15) is 11.4 Å². The molecule has 0 saturated carbocycles. The first kappa shape index (κ1) is 6.27. The zero-order chi connectivity index (χ0) is 7.84. The number of fused-ring (bicyclic) bond motifs is 1. The molecule has 0 aliphatic carbocycles. The second-order valence-electron chi connectivity index (χ2n) is 2.40. The van der Waals surface area contributed by atoms with Crippen molar-refractivity contribution >= 4 is 11.1 Å². The van der Waals surface area contributed by atoms with Crippen LogP contribution in [-0.2, 0) is 0 Å². The number of rotatable bonds is 0. The summed E-state index contributed by atoms with van der Waals surface area (Å²) in [6.45, 7) is 3.73. The number of aryl methyl sites for hydroxylation is 2. The van der Waals surface area contributed by atoms with Gasteiger partial charge in [-0.2, -0.15) is 0 Å². The van der Waals surface area contributed by atoms with Crippen molar-refractivity contribution in [3.05, 3.63) is 17.7 Å². The van der Waals surface area contributed by atoms with E-state index in [1.54, 1.807) is 0 Å². The maximum Gasteiger partial charge on any atom is 0.206 e. The van der Waals surface area contributed by atoms with Gasteiger partial charge < -0.3 is 4.52 Å². The van der Waals surface area contributed by atoms with Crippen molar-refractivity contribution < 1.29 is 4.52 Å². The van der Waals surface area contributed by atoms with Crippen molar-refractivity contribution in [1.29, 1.82) is 0 Å². The molecule has 0 N–H and O–H groups in total. The highest BCUT2D eigenvalue weighted by molar-refractivity contribution is 5.75. The van der Waals surface area contributed by atoms with E-state index < -0.39 is 0 Å². The van der Waals surface area contributed by atoms with Gasteiger partial charge in [-0.15, -0.1) is 0 Å². The molecule has 0 fully saturated rings. The van der Waals surface area contributed by atoms with Crippen molar-refractivity contribution in [2.75, 3.05) is 0 Å². The smallest absolute Gasteiger partial charge is 0.206 e. The van der Waals surface area contributed by atoms with E-state index in [1.165, 1.54) is 6.33 Å². The van der Waals surface area contributed by atoms with E-state index in [-0.39, 0.29) is 0 Å². The molecular formula is C7H7N3O. The first-order valence-electron chi connectivity index (χ1n) is 3.32.